The standard InChI is InChI=1S/C25H30N4O2S/c1-4-31-22-13-11-21(12-14-22)29-23(20-10-8-9-18(2)17-20)26-27-25(29)32-19(3)24(30)28-15-6-5-7-16-28/h8-14,17,19H,4-7,15-16H2,1-3H3. The molecule has 2 aromatic carbocycles. The van der Waals surface area contributed by atoms with Gasteiger partial charge >= 0.3 is 0 Å². The molecule has 3 aromatic rings. The maximum Gasteiger partial charge on any atom is 0.235 e. The lowest BCUT2D eigenvalue weighted by atomic mass is 10.1. The van der Waals surface area contributed by atoms with Crippen LogP contribution in [-0.4, -0.2) is 50.5 Å². The molecule has 1 aliphatic rings. The summed E-state index contributed by atoms with van der Waals surface area (Å²) in [6.07, 6.45) is 3.38. The van der Waals surface area contributed by atoms with Gasteiger partial charge in [-0.25, -0.2) is 0 Å². The zero-order valence-corrected chi connectivity index (χ0v) is 19.8. The summed E-state index contributed by atoms with van der Waals surface area (Å²) in [4.78, 5) is 15.0. The van der Waals surface area contributed by atoms with Gasteiger partial charge in [0.05, 0.1) is 11.9 Å². The van der Waals surface area contributed by atoms with Crippen molar-refractivity contribution in [2.75, 3.05) is 19.7 Å². The van der Waals surface area contributed by atoms with E-state index in [9.17, 15) is 4.79 Å². The molecule has 6 nitrogen and oxygen atoms in total. The van der Waals surface area contributed by atoms with Gasteiger partial charge in [0.15, 0.2) is 11.0 Å². The Hall–Kier alpha value is -2.80. The van der Waals surface area contributed by atoms with Crippen LogP contribution in [0.5, 0.6) is 5.75 Å². The number of benzene rings is 2. The molecular formula is C25H30N4O2S. The second-order valence-electron chi connectivity index (χ2n) is 8.08. The predicted octanol–water partition coefficient (Wildman–Crippen LogP) is 5.13. The van der Waals surface area contributed by atoms with Gasteiger partial charge in [-0.2, -0.15) is 0 Å². The molecule has 0 spiro atoms. The average Bonchev–Trinajstić information content (AvgIpc) is 3.23. The van der Waals surface area contributed by atoms with Crippen LogP contribution in [0.3, 0.4) is 0 Å². The molecular weight excluding hydrogens is 420 g/mol. The van der Waals surface area contributed by atoms with Gasteiger partial charge in [-0.3, -0.25) is 9.36 Å². The van der Waals surface area contributed by atoms with Crippen molar-refractivity contribution in [2.45, 2.75) is 50.4 Å². The van der Waals surface area contributed by atoms with Gasteiger partial charge in [-0.15, -0.1) is 10.2 Å². The molecule has 7 heteroatoms. The highest BCUT2D eigenvalue weighted by Gasteiger charge is 2.26. The van der Waals surface area contributed by atoms with Crippen molar-refractivity contribution in [2.24, 2.45) is 0 Å². The average molecular weight is 451 g/mol. The fourth-order valence-electron chi connectivity index (χ4n) is 3.99. The van der Waals surface area contributed by atoms with E-state index in [1.165, 1.54) is 18.2 Å². The van der Waals surface area contributed by atoms with E-state index >= 15 is 0 Å². The number of piperidine rings is 1. The summed E-state index contributed by atoms with van der Waals surface area (Å²) in [5.74, 6) is 1.76. The lowest BCUT2D eigenvalue weighted by Gasteiger charge is -2.28. The minimum atomic E-state index is -0.232. The van der Waals surface area contributed by atoms with Crippen molar-refractivity contribution in [1.29, 1.82) is 0 Å². The number of likely N-dealkylation sites (tertiary alicyclic amines) is 1. The number of carbonyl (C=O) groups excluding carboxylic acids is 1. The first-order chi connectivity index (χ1) is 15.6. The number of rotatable bonds is 7. The van der Waals surface area contributed by atoms with Gasteiger partial charge in [0.25, 0.3) is 0 Å². The Kier molecular flexibility index (Phi) is 7.15. The largest absolute Gasteiger partial charge is 0.494 e. The Morgan fingerprint density at radius 1 is 1.09 bits per heavy atom. The van der Waals surface area contributed by atoms with Crippen molar-refractivity contribution in [3.05, 3.63) is 54.1 Å². The van der Waals surface area contributed by atoms with Crippen LogP contribution >= 0.6 is 11.8 Å². The Bertz CT molecular complexity index is 1060. The molecule has 1 fully saturated rings. The van der Waals surface area contributed by atoms with E-state index in [2.05, 4.69) is 29.3 Å². The monoisotopic (exact) mass is 450 g/mol. The Labute approximate surface area is 194 Å². The molecule has 32 heavy (non-hydrogen) atoms. The summed E-state index contributed by atoms with van der Waals surface area (Å²) >= 11 is 1.47. The molecule has 1 unspecified atom stereocenters. The van der Waals surface area contributed by atoms with Crippen LogP contribution in [0, 0.1) is 6.92 Å². The topological polar surface area (TPSA) is 60.2 Å². The number of carbonyl (C=O) groups is 1. The quantitative estimate of drug-likeness (QED) is 0.467. The van der Waals surface area contributed by atoms with Crippen molar-refractivity contribution in [3.63, 3.8) is 0 Å². The molecule has 1 aliphatic heterocycles. The highest BCUT2D eigenvalue weighted by molar-refractivity contribution is 8.00. The van der Waals surface area contributed by atoms with Gasteiger partial charge < -0.3 is 9.64 Å². The van der Waals surface area contributed by atoms with Gasteiger partial charge in [0, 0.05) is 24.3 Å². The number of aryl methyl sites for hydroxylation is 1. The third kappa shape index (κ3) is 4.99. The minimum absolute atomic E-state index is 0.174. The number of aromatic nitrogens is 3. The Morgan fingerprint density at radius 3 is 2.53 bits per heavy atom. The summed E-state index contributed by atoms with van der Waals surface area (Å²) in [6.45, 7) is 8.33. The van der Waals surface area contributed by atoms with Crippen LogP contribution in [0.2, 0.25) is 0 Å². The lowest BCUT2D eigenvalue weighted by Crippen LogP contribution is -2.40. The Morgan fingerprint density at radius 2 is 1.84 bits per heavy atom. The minimum Gasteiger partial charge on any atom is -0.494 e. The van der Waals surface area contributed by atoms with E-state index in [0.717, 1.165) is 54.3 Å². The first-order valence-electron chi connectivity index (χ1n) is 11.3. The van der Waals surface area contributed by atoms with Crippen LogP contribution in [-0.2, 0) is 4.79 Å². The highest BCUT2D eigenvalue weighted by atomic mass is 32.2. The molecule has 1 amide bonds. The smallest absolute Gasteiger partial charge is 0.235 e. The maximum absolute atomic E-state index is 13.0. The van der Waals surface area contributed by atoms with Crippen molar-refractivity contribution >= 4 is 17.7 Å². The third-order valence-electron chi connectivity index (χ3n) is 5.61. The fourth-order valence-corrected chi connectivity index (χ4v) is 4.94. The summed E-state index contributed by atoms with van der Waals surface area (Å²) in [5.41, 5.74) is 3.09. The lowest BCUT2D eigenvalue weighted by molar-refractivity contribution is -0.131. The molecule has 1 saturated heterocycles. The van der Waals surface area contributed by atoms with Crippen LogP contribution in [0.25, 0.3) is 17.1 Å². The summed E-state index contributed by atoms with van der Waals surface area (Å²) in [6, 6.07) is 16.2. The molecule has 0 saturated carbocycles. The molecule has 2 heterocycles. The number of ether oxygens (including phenoxy) is 1. The van der Waals surface area contributed by atoms with E-state index in [1.807, 2.05) is 59.7 Å². The number of nitrogens with zero attached hydrogens (tertiary/aromatic N) is 4. The van der Waals surface area contributed by atoms with Gasteiger partial charge in [-0.1, -0.05) is 35.5 Å². The van der Waals surface area contributed by atoms with Crippen LogP contribution in [0.15, 0.2) is 53.7 Å². The summed E-state index contributed by atoms with van der Waals surface area (Å²) in [7, 11) is 0. The second kappa shape index (κ2) is 10.2. The van der Waals surface area contributed by atoms with Crippen molar-refractivity contribution in [3.8, 4) is 22.8 Å². The molecule has 0 aliphatic carbocycles. The number of hydrogen-bond acceptors (Lipinski definition) is 5. The van der Waals surface area contributed by atoms with Crippen molar-refractivity contribution in [1.82, 2.24) is 19.7 Å². The molecule has 0 bridgehead atoms. The zero-order valence-electron chi connectivity index (χ0n) is 19.0. The van der Waals surface area contributed by atoms with Crippen molar-refractivity contribution < 1.29 is 9.53 Å². The van der Waals surface area contributed by atoms with E-state index in [4.69, 9.17) is 4.74 Å². The van der Waals surface area contributed by atoms with E-state index in [0.29, 0.717) is 11.8 Å². The Balaban J connectivity index is 1.68. The molecule has 0 radical (unpaired) electrons. The molecule has 0 N–H and O–H groups in total. The second-order valence-corrected chi connectivity index (χ2v) is 9.39. The van der Waals surface area contributed by atoms with Crippen LogP contribution < -0.4 is 4.74 Å². The molecule has 168 valence electrons. The zero-order chi connectivity index (χ0) is 22.5. The van der Waals surface area contributed by atoms with Gasteiger partial charge in [0.1, 0.15) is 5.75 Å². The van der Waals surface area contributed by atoms with Crippen LogP contribution in [0.1, 0.15) is 38.7 Å². The first-order valence-corrected chi connectivity index (χ1v) is 12.2. The predicted molar refractivity (Wildman–Crippen MR) is 128 cm³/mol. The molecule has 1 atom stereocenters. The SMILES string of the molecule is CCOc1ccc(-n2c(SC(C)C(=O)N3CCCCC3)nnc2-c2cccc(C)c2)cc1. The third-order valence-corrected chi connectivity index (χ3v) is 6.64. The van der Waals surface area contributed by atoms with E-state index in [-0.39, 0.29) is 11.2 Å². The van der Waals surface area contributed by atoms with Gasteiger partial charge in [-0.05, 0) is 70.4 Å². The summed E-state index contributed by atoms with van der Waals surface area (Å²) < 4.78 is 7.64. The van der Waals surface area contributed by atoms with E-state index < -0.39 is 0 Å². The normalized spacial score (nSPS) is 14.9. The highest BCUT2D eigenvalue weighted by Crippen LogP contribution is 2.32. The van der Waals surface area contributed by atoms with E-state index in [1.54, 1.807) is 0 Å². The summed E-state index contributed by atoms with van der Waals surface area (Å²) in [5, 5.41) is 9.50. The molecule has 1 aromatic heterocycles. The van der Waals surface area contributed by atoms with Gasteiger partial charge in [0.2, 0.25) is 5.91 Å². The fraction of sp³-hybridized carbons (Fsp3) is 0.400. The molecule has 4 rings (SSSR count). The first kappa shape index (κ1) is 22.4. The number of amides is 1. The number of hydrogen-bond donors (Lipinski definition) is 0. The maximum atomic E-state index is 13.0. The number of thioether (sulfide) groups is 1. The van der Waals surface area contributed by atoms with Crippen LogP contribution in [0.4, 0.5) is 0 Å².